The van der Waals surface area contributed by atoms with Gasteiger partial charge < -0.3 is 10.0 Å². The Balaban J connectivity index is 1.90. The van der Waals surface area contributed by atoms with Crippen molar-refractivity contribution < 1.29 is 9.90 Å². The number of hydrogen-bond acceptors (Lipinski definition) is 4. The number of anilines is 1. The summed E-state index contributed by atoms with van der Waals surface area (Å²) < 4.78 is 0. The third-order valence-corrected chi connectivity index (χ3v) is 3.85. The van der Waals surface area contributed by atoms with Crippen LogP contribution in [0.3, 0.4) is 0 Å². The summed E-state index contributed by atoms with van der Waals surface area (Å²) >= 11 is 0. The van der Waals surface area contributed by atoms with Gasteiger partial charge in [0.05, 0.1) is 5.92 Å². The highest BCUT2D eigenvalue weighted by atomic mass is 16.4. The van der Waals surface area contributed by atoms with E-state index >= 15 is 0 Å². The van der Waals surface area contributed by atoms with Gasteiger partial charge in [0.25, 0.3) is 0 Å². The van der Waals surface area contributed by atoms with Crippen LogP contribution in [-0.2, 0) is 4.79 Å². The van der Waals surface area contributed by atoms with Crippen molar-refractivity contribution in [3.8, 4) is 0 Å². The van der Waals surface area contributed by atoms with Crippen LogP contribution in [0, 0.1) is 12.8 Å². The lowest BCUT2D eigenvalue weighted by atomic mass is 9.89. The summed E-state index contributed by atoms with van der Waals surface area (Å²) in [6.45, 7) is 1.95. The Kier molecular flexibility index (Phi) is 2.28. The number of aromatic nitrogens is 2. The molecule has 0 spiro atoms. The van der Waals surface area contributed by atoms with E-state index in [1.807, 2.05) is 6.92 Å². The van der Waals surface area contributed by atoms with Gasteiger partial charge in [0, 0.05) is 24.5 Å². The minimum atomic E-state index is -0.686. The molecule has 5 heteroatoms. The maximum Gasteiger partial charge on any atom is 0.308 e. The van der Waals surface area contributed by atoms with Gasteiger partial charge in [-0.25, -0.2) is 9.97 Å². The van der Waals surface area contributed by atoms with Crippen molar-refractivity contribution in [2.24, 2.45) is 5.92 Å². The van der Waals surface area contributed by atoms with E-state index in [-0.39, 0.29) is 12.0 Å². The zero-order chi connectivity index (χ0) is 12.0. The Morgan fingerprint density at radius 3 is 2.71 bits per heavy atom. The number of fused-ring (bicyclic) bond motifs is 2. The number of aliphatic carboxylic acids is 1. The molecule has 90 valence electrons. The van der Waals surface area contributed by atoms with Crippen LogP contribution in [0.15, 0.2) is 12.4 Å². The topological polar surface area (TPSA) is 66.3 Å². The van der Waals surface area contributed by atoms with Crippen LogP contribution < -0.4 is 4.90 Å². The molecule has 1 aromatic heterocycles. The summed E-state index contributed by atoms with van der Waals surface area (Å²) in [7, 11) is 0. The van der Waals surface area contributed by atoms with Crippen molar-refractivity contribution >= 4 is 11.9 Å². The highest BCUT2D eigenvalue weighted by molar-refractivity contribution is 5.73. The third kappa shape index (κ3) is 1.57. The molecule has 0 radical (unpaired) electrons. The van der Waals surface area contributed by atoms with E-state index in [2.05, 4.69) is 14.9 Å². The lowest BCUT2D eigenvalue weighted by molar-refractivity contribution is -0.142. The fourth-order valence-electron chi connectivity index (χ4n) is 3.08. The van der Waals surface area contributed by atoms with Gasteiger partial charge >= 0.3 is 5.97 Å². The second-order valence-corrected chi connectivity index (χ2v) is 4.95. The predicted molar refractivity (Wildman–Crippen MR) is 61.8 cm³/mol. The monoisotopic (exact) mass is 233 g/mol. The lowest BCUT2D eigenvalue weighted by Crippen LogP contribution is -2.34. The Labute approximate surface area is 99.5 Å². The van der Waals surface area contributed by atoms with E-state index in [1.165, 1.54) is 0 Å². The molecule has 3 rings (SSSR count). The standard InChI is InChI=1S/C12H15N3O2/c1-7-5-13-12(14-6-7)15-8-2-3-10(15)9(4-8)11(16)17/h5-6,8-10H,2-4H2,1H3,(H,16,17). The highest BCUT2D eigenvalue weighted by Gasteiger charge is 2.50. The molecule has 2 aliphatic heterocycles. The molecular formula is C12H15N3O2. The molecule has 1 N–H and O–H groups in total. The van der Waals surface area contributed by atoms with Crippen molar-refractivity contribution in [2.45, 2.75) is 38.3 Å². The fraction of sp³-hybridized carbons (Fsp3) is 0.583. The van der Waals surface area contributed by atoms with Crippen LogP contribution in [0.25, 0.3) is 0 Å². The van der Waals surface area contributed by atoms with E-state index in [0.29, 0.717) is 12.0 Å². The molecule has 2 saturated heterocycles. The van der Waals surface area contributed by atoms with Gasteiger partial charge in [-0.1, -0.05) is 0 Å². The molecule has 2 fully saturated rings. The van der Waals surface area contributed by atoms with E-state index in [9.17, 15) is 9.90 Å². The molecule has 2 bridgehead atoms. The number of carboxylic acids is 1. The first-order valence-electron chi connectivity index (χ1n) is 5.96. The summed E-state index contributed by atoms with van der Waals surface area (Å²) in [6, 6.07) is 0.393. The Morgan fingerprint density at radius 2 is 2.12 bits per heavy atom. The Hall–Kier alpha value is -1.65. The predicted octanol–water partition coefficient (Wildman–Crippen LogP) is 1.23. The molecule has 3 heterocycles. The van der Waals surface area contributed by atoms with Crippen LogP contribution in [-0.4, -0.2) is 33.1 Å². The van der Waals surface area contributed by atoms with Gasteiger partial charge in [-0.2, -0.15) is 0 Å². The average Bonchev–Trinajstić information content (AvgIpc) is 2.87. The minimum Gasteiger partial charge on any atom is -0.481 e. The highest BCUT2D eigenvalue weighted by Crippen LogP contribution is 2.43. The van der Waals surface area contributed by atoms with Gasteiger partial charge in [-0.3, -0.25) is 4.79 Å². The Bertz CT molecular complexity index is 446. The number of carbonyl (C=O) groups is 1. The molecule has 5 nitrogen and oxygen atoms in total. The zero-order valence-corrected chi connectivity index (χ0v) is 9.71. The normalized spacial score (nSPS) is 30.9. The van der Waals surface area contributed by atoms with Gasteiger partial charge in [0.2, 0.25) is 5.95 Å². The quantitative estimate of drug-likeness (QED) is 0.832. The number of hydrogen-bond donors (Lipinski definition) is 1. The van der Waals surface area contributed by atoms with Crippen LogP contribution >= 0.6 is 0 Å². The van der Waals surface area contributed by atoms with Crippen LogP contribution in [0.1, 0.15) is 24.8 Å². The molecule has 0 amide bonds. The zero-order valence-electron chi connectivity index (χ0n) is 9.71. The molecule has 3 atom stereocenters. The number of nitrogens with zero attached hydrogens (tertiary/aromatic N) is 3. The van der Waals surface area contributed by atoms with Gasteiger partial charge in [0.15, 0.2) is 0 Å². The summed E-state index contributed by atoms with van der Waals surface area (Å²) in [4.78, 5) is 21.9. The first-order chi connectivity index (χ1) is 8.16. The summed E-state index contributed by atoms with van der Waals surface area (Å²) in [6.07, 6.45) is 6.31. The summed E-state index contributed by atoms with van der Waals surface area (Å²) in [5.74, 6) is -0.250. The molecule has 0 aliphatic carbocycles. The summed E-state index contributed by atoms with van der Waals surface area (Å²) in [5, 5.41) is 9.18. The van der Waals surface area contributed by atoms with Crippen molar-refractivity contribution in [3.05, 3.63) is 18.0 Å². The van der Waals surface area contributed by atoms with Gasteiger partial charge in [-0.05, 0) is 31.7 Å². The van der Waals surface area contributed by atoms with Crippen LogP contribution in [0.2, 0.25) is 0 Å². The second kappa shape index (κ2) is 3.68. The van der Waals surface area contributed by atoms with Crippen molar-refractivity contribution in [1.29, 1.82) is 0 Å². The largest absolute Gasteiger partial charge is 0.481 e. The first kappa shape index (κ1) is 10.5. The Morgan fingerprint density at radius 1 is 1.41 bits per heavy atom. The fourth-order valence-corrected chi connectivity index (χ4v) is 3.08. The van der Waals surface area contributed by atoms with E-state index in [0.717, 1.165) is 24.8 Å². The smallest absolute Gasteiger partial charge is 0.308 e. The average molecular weight is 233 g/mol. The second-order valence-electron chi connectivity index (χ2n) is 4.95. The third-order valence-electron chi connectivity index (χ3n) is 3.85. The molecular weight excluding hydrogens is 218 g/mol. The van der Waals surface area contributed by atoms with Crippen LogP contribution in [0.4, 0.5) is 5.95 Å². The summed E-state index contributed by atoms with van der Waals surface area (Å²) in [5.41, 5.74) is 1.02. The maximum absolute atomic E-state index is 11.2. The molecule has 1 aromatic rings. The number of aryl methyl sites for hydroxylation is 1. The van der Waals surface area contributed by atoms with Gasteiger partial charge in [0.1, 0.15) is 0 Å². The van der Waals surface area contributed by atoms with Crippen molar-refractivity contribution in [3.63, 3.8) is 0 Å². The number of carboxylic acid groups (broad SMARTS) is 1. The molecule has 2 aliphatic rings. The van der Waals surface area contributed by atoms with Crippen molar-refractivity contribution in [2.75, 3.05) is 4.90 Å². The lowest BCUT2D eigenvalue weighted by Gasteiger charge is -2.22. The van der Waals surface area contributed by atoms with E-state index in [1.54, 1.807) is 12.4 Å². The molecule has 0 saturated carbocycles. The maximum atomic E-state index is 11.2. The first-order valence-corrected chi connectivity index (χ1v) is 5.96. The van der Waals surface area contributed by atoms with Crippen LogP contribution in [0.5, 0.6) is 0 Å². The van der Waals surface area contributed by atoms with Gasteiger partial charge in [-0.15, -0.1) is 0 Å². The van der Waals surface area contributed by atoms with E-state index < -0.39 is 5.97 Å². The molecule has 3 unspecified atom stereocenters. The molecule has 17 heavy (non-hydrogen) atoms. The number of rotatable bonds is 2. The minimum absolute atomic E-state index is 0.0835. The SMILES string of the molecule is Cc1cnc(N2C3CCC2C(C(=O)O)C3)nc1. The van der Waals surface area contributed by atoms with E-state index in [4.69, 9.17) is 0 Å². The molecule has 0 aromatic carbocycles. The van der Waals surface area contributed by atoms with Crippen molar-refractivity contribution in [1.82, 2.24) is 9.97 Å².